The number of esters is 1. The molecule has 0 unspecified atom stereocenters. The molecule has 0 fully saturated rings. The van der Waals surface area contributed by atoms with Crippen molar-refractivity contribution in [2.45, 2.75) is 0 Å². The van der Waals surface area contributed by atoms with E-state index in [1.165, 1.54) is 11.9 Å². The van der Waals surface area contributed by atoms with Crippen molar-refractivity contribution in [2.24, 2.45) is 7.05 Å². The summed E-state index contributed by atoms with van der Waals surface area (Å²) in [5, 5.41) is 8.23. The molecule has 78 valence electrons. The lowest BCUT2D eigenvalue weighted by molar-refractivity contribution is 0.0602. The molecule has 0 radical (unpaired) electrons. The molecule has 1 aromatic carbocycles. The Labute approximate surface area is 94.1 Å². The largest absolute Gasteiger partial charge is 0.465 e. The second kappa shape index (κ2) is 3.62. The van der Waals surface area contributed by atoms with Crippen molar-refractivity contribution in [1.82, 2.24) is 15.0 Å². The number of benzene rings is 1. The van der Waals surface area contributed by atoms with E-state index in [1.807, 2.05) is 0 Å². The van der Waals surface area contributed by atoms with Crippen molar-refractivity contribution in [3.05, 3.63) is 22.2 Å². The van der Waals surface area contributed by atoms with E-state index in [2.05, 4.69) is 30.9 Å². The third kappa shape index (κ3) is 1.72. The standard InChI is InChI=1S/C9H8BrN3O2/c1-13-11-7-4-5(10)3-6(8(7)12-13)9(14)15-2/h3-4H,1-2H3. The van der Waals surface area contributed by atoms with E-state index in [0.717, 1.165) is 4.47 Å². The Morgan fingerprint density at radius 2 is 2.20 bits per heavy atom. The molecule has 6 heteroatoms. The van der Waals surface area contributed by atoms with Gasteiger partial charge in [-0.15, -0.1) is 0 Å². The predicted octanol–water partition coefficient (Wildman–Crippen LogP) is 1.52. The van der Waals surface area contributed by atoms with E-state index in [-0.39, 0.29) is 0 Å². The number of aryl methyl sites for hydroxylation is 1. The van der Waals surface area contributed by atoms with Crippen LogP contribution in [-0.4, -0.2) is 28.1 Å². The van der Waals surface area contributed by atoms with Crippen LogP contribution in [0.2, 0.25) is 0 Å². The number of ether oxygens (including phenoxy) is 1. The monoisotopic (exact) mass is 269 g/mol. The van der Waals surface area contributed by atoms with Crippen LogP contribution in [0.3, 0.4) is 0 Å². The first-order valence-corrected chi connectivity index (χ1v) is 5.00. The summed E-state index contributed by atoms with van der Waals surface area (Å²) in [6.45, 7) is 0. The second-order valence-corrected chi connectivity index (χ2v) is 3.92. The Hall–Kier alpha value is -1.43. The highest BCUT2D eigenvalue weighted by Crippen LogP contribution is 2.21. The van der Waals surface area contributed by atoms with Crippen LogP contribution < -0.4 is 0 Å². The van der Waals surface area contributed by atoms with Crippen molar-refractivity contribution in [3.8, 4) is 0 Å². The third-order valence-electron chi connectivity index (χ3n) is 1.96. The van der Waals surface area contributed by atoms with Crippen molar-refractivity contribution in [3.63, 3.8) is 0 Å². The van der Waals surface area contributed by atoms with Crippen LogP contribution in [-0.2, 0) is 11.8 Å². The fraction of sp³-hybridized carbons (Fsp3) is 0.222. The first kappa shape index (κ1) is 10.1. The minimum atomic E-state index is -0.415. The topological polar surface area (TPSA) is 57.0 Å². The molecule has 1 aromatic heterocycles. The van der Waals surface area contributed by atoms with Crippen LogP contribution in [0.4, 0.5) is 0 Å². The fourth-order valence-corrected chi connectivity index (χ4v) is 1.80. The van der Waals surface area contributed by atoms with E-state index in [9.17, 15) is 4.79 Å². The summed E-state index contributed by atoms with van der Waals surface area (Å²) >= 11 is 3.31. The molecule has 2 aromatic rings. The number of halogens is 1. The second-order valence-electron chi connectivity index (χ2n) is 3.00. The van der Waals surface area contributed by atoms with E-state index in [1.54, 1.807) is 19.2 Å². The summed E-state index contributed by atoms with van der Waals surface area (Å²) in [4.78, 5) is 12.9. The Kier molecular flexibility index (Phi) is 2.44. The molecular formula is C9H8BrN3O2. The van der Waals surface area contributed by atoms with Gasteiger partial charge >= 0.3 is 5.97 Å². The summed E-state index contributed by atoms with van der Waals surface area (Å²) in [5.41, 5.74) is 1.62. The summed E-state index contributed by atoms with van der Waals surface area (Å²) < 4.78 is 5.45. The van der Waals surface area contributed by atoms with Crippen LogP contribution >= 0.6 is 15.9 Å². The van der Waals surface area contributed by atoms with Gasteiger partial charge in [0.1, 0.15) is 11.0 Å². The average Bonchev–Trinajstić information content (AvgIpc) is 2.55. The molecule has 0 spiro atoms. The van der Waals surface area contributed by atoms with Crippen molar-refractivity contribution in [1.29, 1.82) is 0 Å². The maximum Gasteiger partial charge on any atom is 0.340 e. The minimum absolute atomic E-state index is 0.412. The Morgan fingerprint density at radius 3 is 2.87 bits per heavy atom. The lowest BCUT2D eigenvalue weighted by Crippen LogP contribution is -2.02. The summed E-state index contributed by atoms with van der Waals surface area (Å²) in [6.07, 6.45) is 0. The van der Waals surface area contributed by atoms with Gasteiger partial charge in [0.25, 0.3) is 0 Å². The zero-order valence-corrected chi connectivity index (χ0v) is 9.78. The maximum absolute atomic E-state index is 11.5. The molecule has 0 aliphatic heterocycles. The van der Waals surface area contributed by atoms with Gasteiger partial charge in [-0.1, -0.05) is 15.9 Å². The van der Waals surface area contributed by atoms with Gasteiger partial charge in [0.05, 0.1) is 12.7 Å². The maximum atomic E-state index is 11.5. The quantitative estimate of drug-likeness (QED) is 0.737. The van der Waals surface area contributed by atoms with Gasteiger partial charge in [0, 0.05) is 11.5 Å². The first-order chi connectivity index (χ1) is 7.11. The normalized spacial score (nSPS) is 10.6. The number of nitrogens with zero attached hydrogens (tertiary/aromatic N) is 3. The van der Waals surface area contributed by atoms with E-state index in [0.29, 0.717) is 16.6 Å². The van der Waals surface area contributed by atoms with Crippen LogP contribution in [0.15, 0.2) is 16.6 Å². The lowest BCUT2D eigenvalue weighted by Gasteiger charge is -1.99. The van der Waals surface area contributed by atoms with Crippen LogP contribution in [0.25, 0.3) is 11.0 Å². The summed E-state index contributed by atoms with van der Waals surface area (Å²) in [7, 11) is 3.04. The van der Waals surface area contributed by atoms with Crippen molar-refractivity contribution >= 4 is 32.9 Å². The minimum Gasteiger partial charge on any atom is -0.465 e. The van der Waals surface area contributed by atoms with E-state index >= 15 is 0 Å². The molecule has 2 rings (SSSR count). The Bertz CT molecular complexity index is 535. The molecule has 0 saturated carbocycles. The third-order valence-corrected chi connectivity index (χ3v) is 2.41. The van der Waals surface area contributed by atoms with Gasteiger partial charge in [-0.2, -0.15) is 15.0 Å². The smallest absolute Gasteiger partial charge is 0.340 e. The Balaban J connectivity index is 2.75. The number of rotatable bonds is 1. The molecule has 0 bridgehead atoms. The van der Waals surface area contributed by atoms with E-state index < -0.39 is 5.97 Å². The van der Waals surface area contributed by atoms with E-state index in [4.69, 9.17) is 0 Å². The van der Waals surface area contributed by atoms with Gasteiger partial charge in [0.15, 0.2) is 0 Å². The van der Waals surface area contributed by atoms with Crippen molar-refractivity contribution < 1.29 is 9.53 Å². The number of methoxy groups -OCH3 is 1. The number of hydrogen-bond acceptors (Lipinski definition) is 4. The summed E-state index contributed by atoms with van der Waals surface area (Å²) in [6, 6.07) is 3.47. The molecule has 0 amide bonds. The highest BCUT2D eigenvalue weighted by Gasteiger charge is 2.15. The molecule has 5 nitrogen and oxygen atoms in total. The van der Waals surface area contributed by atoms with Gasteiger partial charge < -0.3 is 4.74 Å². The fourth-order valence-electron chi connectivity index (χ4n) is 1.35. The lowest BCUT2D eigenvalue weighted by atomic mass is 10.2. The van der Waals surface area contributed by atoms with Gasteiger partial charge in [-0.3, -0.25) is 0 Å². The van der Waals surface area contributed by atoms with Crippen LogP contribution in [0.1, 0.15) is 10.4 Å². The number of aromatic nitrogens is 3. The van der Waals surface area contributed by atoms with Gasteiger partial charge in [-0.05, 0) is 12.1 Å². The molecule has 0 atom stereocenters. The number of carbonyl (C=O) groups excluding carboxylic acids is 1. The molecule has 0 aliphatic carbocycles. The molecule has 15 heavy (non-hydrogen) atoms. The Morgan fingerprint density at radius 1 is 1.47 bits per heavy atom. The molecule has 0 saturated heterocycles. The zero-order chi connectivity index (χ0) is 11.0. The number of hydrogen-bond donors (Lipinski definition) is 0. The number of fused-ring (bicyclic) bond motifs is 1. The number of carbonyl (C=O) groups is 1. The van der Waals surface area contributed by atoms with Crippen molar-refractivity contribution in [2.75, 3.05) is 7.11 Å². The SMILES string of the molecule is COC(=O)c1cc(Br)cc2nn(C)nc12. The van der Waals surface area contributed by atoms with Gasteiger partial charge in [0.2, 0.25) is 0 Å². The summed E-state index contributed by atoms with van der Waals surface area (Å²) in [5.74, 6) is -0.415. The van der Waals surface area contributed by atoms with Crippen LogP contribution in [0.5, 0.6) is 0 Å². The highest BCUT2D eigenvalue weighted by atomic mass is 79.9. The van der Waals surface area contributed by atoms with Crippen LogP contribution in [0, 0.1) is 0 Å². The molecular weight excluding hydrogens is 262 g/mol. The molecule has 1 heterocycles. The molecule has 0 aliphatic rings. The van der Waals surface area contributed by atoms with Gasteiger partial charge in [-0.25, -0.2) is 4.79 Å². The predicted molar refractivity (Wildman–Crippen MR) is 57.5 cm³/mol. The highest BCUT2D eigenvalue weighted by molar-refractivity contribution is 9.10. The average molecular weight is 270 g/mol. The zero-order valence-electron chi connectivity index (χ0n) is 8.19. The molecule has 0 N–H and O–H groups in total. The first-order valence-electron chi connectivity index (χ1n) is 4.20.